The number of phenols is 1. The molecule has 3 heteroatoms. The summed E-state index contributed by atoms with van der Waals surface area (Å²) in [5, 5.41) is 15.6. The highest BCUT2D eigenvalue weighted by atomic mass is 19.1. The quantitative estimate of drug-likeness (QED) is 0.697. The second kappa shape index (κ2) is 6.58. The Morgan fingerprint density at radius 3 is 2.50 bits per heavy atom. The summed E-state index contributed by atoms with van der Waals surface area (Å²) in [6, 6.07) is 18.2. The van der Waals surface area contributed by atoms with Gasteiger partial charge < -0.3 is 10.4 Å². The summed E-state index contributed by atoms with van der Waals surface area (Å²) in [4.78, 5) is 0. The van der Waals surface area contributed by atoms with Gasteiger partial charge in [0.25, 0.3) is 0 Å². The van der Waals surface area contributed by atoms with Gasteiger partial charge >= 0.3 is 0 Å². The molecule has 0 bridgehead atoms. The van der Waals surface area contributed by atoms with Crippen molar-refractivity contribution in [2.75, 3.05) is 6.54 Å². The molecular formula is C19H18FNO. The first-order valence-electron chi connectivity index (χ1n) is 7.39. The maximum Gasteiger partial charge on any atom is 0.123 e. The molecule has 0 saturated heterocycles. The molecule has 22 heavy (non-hydrogen) atoms. The van der Waals surface area contributed by atoms with E-state index in [0.717, 1.165) is 34.9 Å². The average Bonchev–Trinajstić information content (AvgIpc) is 2.55. The van der Waals surface area contributed by atoms with Crippen LogP contribution >= 0.6 is 0 Å². The Hall–Kier alpha value is -2.39. The molecule has 0 aliphatic rings. The Labute approximate surface area is 129 Å². The van der Waals surface area contributed by atoms with E-state index in [1.807, 2.05) is 30.3 Å². The normalized spacial score (nSPS) is 11.0. The molecule has 0 spiro atoms. The number of nitrogens with one attached hydrogen (secondary N) is 1. The fourth-order valence-corrected chi connectivity index (χ4v) is 2.61. The van der Waals surface area contributed by atoms with E-state index >= 15 is 0 Å². The van der Waals surface area contributed by atoms with Gasteiger partial charge in [0.2, 0.25) is 0 Å². The van der Waals surface area contributed by atoms with Crippen molar-refractivity contribution in [3.63, 3.8) is 0 Å². The van der Waals surface area contributed by atoms with Gasteiger partial charge in [-0.1, -0.05) is 42.5 Å². The number of aromatic hydroxyl groups is 1. The predicted molar refractivity (Wildman–Crippen MR) is 87.4 cm³/mol. The summed E-state index contributed by atoms with van der Waals surface area (Å²) in [5.41, 5.74) is 2.01. The second-order valence-corrected chi connectivity index (χ2v) is 5.34. The van der Waals surface area contributed by atoms with E-state index in [1.54, 1.807) is 18.2 Å². The van der Waals surface area contributed by atoms with Crippen molar-refractivity contribution in [1.82, 2.24) is 5.32 Å². The summed E-state index contributed by atoms with van der Waals surface area (Å²) in [6.45, 7) is 1.38. The minimum absolute atomic E-state index is 0.211. The number of hydrogen-bond donors (Lipinski definition) is 2. The molecule has 3 aromatic rings. The largest absolute Gasteiger partial charge is 0.508 e. The van der Waals surface area contributed by atoms with Gasteiger partial charge in [0, 0.05) is 12.1 Å². The van der Waals surface area contributed by atoms with Crippen LogP contribution in [0.5, 0.6) is 5.75 Å². The van der Waals surface area contributed by atoms with Crippen molar-refractivity contribution in [3.05, 3.63) is 77.6 Å². The van der Waals surface area contributed by atoms with E-state index in [-0.39, 0.29) is 5.82 Å². The van der Waals surface area contributed by atoms with Gasteiger partial charge in [-0.3, -0.25) is 0 Å². The average molecular weight is 295 g/mol. The van der Waals surface area contributed by atoms with Crippen molar-refractivity contribution >= 4 is 10.8 Å². The Morgan fingerprint density at radius 1 is 0.909 bits per heavy atom. The molecular weight excluding hydrogens is 277 g/mol. The Bertz CT molecular complexity index is 768. The van der Waals surface area contributed by atoms with E-state index in [9.17, 15) is 9.50 Å². The van der Waals surface area contributed by atoms with Gasteiger partial charge in [-0.15, -0.1) is 0 Å². The van der Waals surface area contributed by atoms with E-state index in [2.05, 4.69) is 5.32 Å². The molecule has 0 saturated carbocycles. The molecule has 0 heterocycles. The van der Waals surface area contributed by atoms with Crippen LogP contribution in [0.1, 0.15) is 11.1 Å². The highest BCUT2D eigenvalue weighted by molar-refractivity contribution is 5.87. The highest BCUT2D eigenvalue weighted by Gasteiger charge is 2.06. The summed E-state index contributed by atoms with van der Waals surface area (Å²) >= 11 is 0. The molecule has 2 nitrogen and oxygen atoms in total. The molecule has 0 unspecified atom stereocenters. The van der Waals surface area contributed by atoms with Crippen LogP contribution < -0.4 is 5.32 Å². The lowest BCUT2D eigenvalue weighted by atomic mass is 10.0. The third kappa shape index (κ3) is 3.26. The van der Waals surface area contributed by atoms with E-state index in [1.165, 1.54) is 12.1 Å². The third-order valence-corrected chi connectivity index (χ3v) is 3.82. The molecule has 0 fully saturated rings. The monoisotopic (exact) mass is 295 g/mol. The zero-order valence-electron chi connectivity index (χ0n) is 12.2. The molecule has 0 amide bonds. The van der Waals surface area contributed by atoms with Crippen molar-refractivity contribution in [1.29, 1.82) is 0 Å². The van der Waals surface area contributed by atoms with Crippen LogP contribution in [0.3, 0.4) is 0 Å². The van der Waals surface area contributed by atoms with Crippen LogP contribution in [0.25, 0.3) is 10.8 Å². The number of rotatable bonds is 5. The molecule has 2 N–H and O–H groups in total. The lowest BCUT2D eigenvalue weighted by Gasteiger charge is -2.10. The highest BCUT2D eigenvalue weighted by Crippen LogP contribution is 2.26. The van der Waals surface area contributed by atoms with Crippen LogP contribution in [0.2, 0.25) is 0 Å². The van der Waals surface area contributed by atoms with Crippen LogP contribution in [0.4, 0.5) is 4.39 Å². The molecule has 3 aromatic carbocycles. The van der Waals surface area contributed by atoms with Crippen molar-refractivity contribution < 1.29 is 9.50 Å². The van der Waals surface area contributed by atoms with Crippen molar-refractivity contribution in [3.8, 4) is 5.75 Å². The Kier molecular flexibility index (Phi) is 4.35. The fourth-order valence-electron chi connectivity index (χ4n) is 2.61. The zero-order chi connectivity index (χ0) is 15.4. The van der Waals surface area contributed by atoms with Crippen LogP contribution in [-0.2, 0) is 13.0 Å². The Morgan fingerprint density at radius 2 is 1.68 bits per heavy atom. The summed E-state index contributed by atoms with van der Waals surface area (Å²) < 4.78 is 12.8. The number of fused-ring (bicyclic) bond motifs is 1. The lowest BCUT2D eigenvalue weighted by molar-refractivity contribution is 0.466. The van der Waals surface area contributed by atoms with Crippen LogP contribution in [0, 0.1) is 5.82 Å². The number of phenolic OH excluding ortho intramolecular Hbond substituents is 1. The van der Waals surface area contributed by atoms with Gasteiger partial charge in [0.05, 0.1) is 0 Å². The summed E-state index contributed by atoms with van der Waals surface area (Å²) in [6.07, 6.45) is 0.825. The first kappa shape index (κ1) is 14.5. The van der Waals surface area contributed by atoms with Gasteiger partial charge in [0.1, 0.15) is 11.6 Å². The smallest absolute Gasteiger partial charge is 0.123 e. The SMILES string of the molecule is Oc1ccc2ccccc2c1CNCCc1ccc(F)cc1. The summed E-state index contributed by atoms with van der Waals surface area (Å²) in [5.74, 6) is 0.102. The minimum atomic E-state index is -0.211. The molecule has 3 rings (SSSR count). The van der Waals surface area contributed by atoms with E-state index in [0.29, 0.717) is 12.3 Å². The minimum Gasteiger partial charge on any atom is -0.508 e. The van der Waals surface area contributed by atoms with E-state index < -0.39 is 0 Å². The maximum absolute atomic E-state index is 12.8. The third-order valence-electron chi connectivity index (χ3n) is 3.82. The molecule has 0 atom stereocenters. The van der Waals surface area contributed by atoms with Gasteiger partial charge in [-0.2, -0.15) is 0 Å². The van der Waals surface area contributed by atoms with Gasteiger partial charge in [-0.25, -0.2) is 4.39 Å². The first-order chi connectivity index (χ1) is 10.7. The topological polar surface area (TPSA) is 32.3 Å². The van der Waals surface area contributed by atoms with Crippen LogP contribution in [-0.4, -0.2) is 11.7 Å². The number of halogens is 1. The molecule has 0 aliphatic carbocycles. The molecule has 0 aromatic heterocycles. The second-order valence-electron chi connectivity index (χ2n) is 5.34. The Balaban J connectivity index is 1.64. The number of benzene rings is 3. The predicted octanol–water partition coefficient (Wildman–Crippen LogP) is 4.02. The van der Waals surface area contributed by atoms with E-state index in [4.69, 9.17) is 0 Å². The molecule has 0 aliphatic heterocycles. The zero-order valence-corrected chi connectivity index (χ0v) is 12.2. The van der Waals surface area contributed by atoms with Crippen molar-refractivity contribution in [2.45, 2.75) is 13.0 Å². The maximum atomic E-state index is 12.8. The lowest BCUT2D eigenvalue weighted by Crippen LogP contribution is -2.17. The number of hydrogen-bond acceptors (Lipinski definition) is 2. The molecule has 112 valence electrons. The molecule has 0 radical (unpaired) electrons. The summed E-state index contributed by atoms with van der Waals surface area (Å²) in [7, 11) is 0. The van der Waals surface area contributed by atoms with Crippen LogP contribution in [0.15, 0.2) is 60.7 Å². The van der Waals surface area contributed by atoms with Gasteiger partial charge in [0.15, 0.2) is 0 Å². The van der Waals surface area contributed by atoms with Gasteiger partial charge in [-0.05, 0) is 47.5 Å². The first-order valence-corrected chi connectivity index (χ1v) is 7.39. The fraction of sp³-hybridized carbons (Fsp3) is 0.158. The standard InChI is InChI=1S/C19H18FNO/c20-16-8-5-14(6-9-16)11-12-21-13-18-17-4-2-1-3-15(17)7-10-19(18)22/h1-10,21-22H,11-13H2. The van der Waals surface area contributed by atoms with Crippen molar-refractivity contribution in [2.24, 2.45) is 0 Å².